The first-order valence-corrected chi connectivity index (χ1v) is 4.20. The Labute approximate surface area is 81.9 Å². The highest BCUT2D eigenvalue weighted by atomic mass is 35.5. The van der Waals surface area contributed by atoms with Crippen LogP contribution in [0.4, 0.5) is 4.39 Å². The summed E-state index contributed by atoms with van der Waals surface area (Å²) in [6.45, 7) is 0.544. The smallest absolute Gasteiger partial charge is 0.140 e. The first-order valence-electron chi connectivity index (χ1n) is 3.82. The van der Waals surface area contributed by atoms with Crippen molar-refractivity contribution in [3.05, 3.63) is 34.6 Å². The zero-order chi connectivity index (χ0) is 9.68. The van der Waals surface area contributed by atoms with Crippen molar-refractivity contribution >= 4 is 11.6 Å². The van der Waals surface area contributed by atoms with Gasteiger partial charge in [-0.2, -0.15) is 0 Å². The SMILES string of the molecule is CNCC#Cc1ccc(Cl)cc1F. The van der Waals surface area contributed by atoms with Crippen LogP contribution in [0.25, 0.3) is 0 Å². The van der Waals surface area contributed by atoms with Gasteiger partial charge in [0.25, 0.3) is 0 Å². The minimum Gasteiger partial charge on any atom is -0.309 e. The van der Waals surface area contributed by atoms with E-state index >= 15 is 0 Å². The lowest BCUT2D eigenvalue weighted by atomic mass is 10.2. The van der Waals surface area contributed by atoms with Gasteiger partial charge in [0.2, 0.25) is 0 Å². The van der Waals surface area contributed by atoms with Gasteiger partial charge in [0.1, 0.15) is 5.82 Å². The molecule has 0 fully saturated rings. The summed E-state index contributed by atoms with van der Waals surface area (Å²) in [5.41, 5.74) is 0.375. The predicted molar refractivity (Wildman–Crippen MR) is 52.2 cm³/mol. The largest absolute Gasteiger partial charge is 0.309 e. The van der Waals surface area contributed by atoms with Gasteiger partial charge in [0, 0.05) is 5.02 Å². The maximum absolute atomic E-state index is 13.1. The minimum atomic E-state index is -0.379. The fraction of sp³-hybridized carbons (Fsp3) is 0.200. The maximum atomic E-state index is 13.1. The highest BCUT2D eigenvalue weighted by Gasteiger charge is 1.98. The average Bonchev–Trinajstić information content (AvgIpc) is 2.09. The second-order valence-corrected chi connectivity index (χ2v) is 2.89. The second-order valence-electron chi connectivity index (χ2n) is 2.46. The molecule has 0 unspecified atom stereocenters. The summed E-state index contributed by atoms with van der Waals surface area (Å²) in [6, 6.07) is 4.44. The molecule has 0 atom stereocenters. The summed E-state index contributed by atoms with van der Waals surface area (Å²) >= 11 is 5.58. The predicted octanol–water partition coefficient (Wildman–Crippen LogP) is 2.05. The van der Waals surface area contributed by atoms with E-state index in [1.807, 2.05) is 0 Å². The van der Waals surface area contributed by atoms with E-state index < -0.39 is 0 Å². The average molecular weight is 198 g/mol. The Hall–Kier alpha value is -1.04. The third kappa shape index (κ3) is 3.06. The van der Waals surface area contributed by atoms with Crippen molar-refractivity contribution in [2.24, 2.45) is 0 Å². The summed E-state index contributed by atoms with van der Waals surface area (Å²) in [4.78, 5) is 0. The van der Waals surface area contributed by atoms with E-state index in [0.29, 0.717) is 17.1 Å². The molecule has 13 heavy (non-hydrogen) atoms. The van der Waals surface area contributed by atoms with Crippen molar-refractivity contribution in [3.63, 3.8) is 0 Å². The molecule has 0 radical (unpaired) electrons. The molecule has 0 bridgehead atoms. The molecule has 0 spiro atoms. The number of hydrogen-bond acceptors (Lipinski definition) is 1. The molecule has 0 aliphatic heterocycles. The Morgan fingerprint density at radius 1 is 1.54 bits per heavy atom. The Bertz CT molecular complexity index is 352. The minimum absolute atomic E-state index is 0.375. The number of hydrogen-bond donors (Lipinski definition) is 1. The number of nitrogens with one attached hydrogen (secondary N) is 1. The fourth-order valence-corrected chi connectivity index (χ4v) is 0.977. The van der Waals surface area contributed by atoms with Gasteiger partial charge in [0.15, 0.2) is 0 Å². The molecule has 0 aromatic heterocycles. The fourth-order valence-electron chi connectivity index (χ4n) is 0.819. The van der Waals surface area contributed by atoms with E-state index in [1.165, 1.54) is 6.07 Å². The lowest BCUT2D eigenvalue weighted by Gasteiger charge is -1.94. The lowest BCUT2D eigenvalue weighted by molar-refractivity contribution is 0.624. The molecule has 0 amide bonds. The zero-order valence-electron chi connectivity index (χ0n) is 7.20. The van der Waals surface area contributed by atoms with Gasteiger partial charge in [-0.3, -0.25) is 0 Å². The van der Waals surface area contributed by atoms with Crippen LogP contribution in [0.15, 0.2) is 18.2 Å². The second kappa shape index (κ2) is 4.86. The molecule has 0 heterocycles. The van der Waals surface area contributed by atoms with Gasteiger partial charge in [-0.1, -0.05) is 23.4 Å². The van der Waals surface area contributed by atoms with E-state index in [9.17, 15) is 4.39 Å². The molecule has 1 aromatic carbocycles. The maximum Gasteiger partial charge on any atom is 0.140 e. The summed E-state index contributed by atoms with van der Waals surface area (Å²) < 4.78 is 13.1. The van der Waals surface area contributed by atoms with Crippen molar-refractivity contribution in [1.29, 1.82) is 0 Å². The summed E-state index contributed by atoms with van der Waals surface area (Å²) in [5.74, 6) is 5.08. The van der Waals surface area contributed by atoms with Gasteiger partial charge < -0.3 is 5.32 Å². The summed E-state index contributed by atoms with van der Waals surface area (Å²) in [7, 11) is 1.78. The van der Waals surface area contributed by atoms with Gasteiger partial charge in [-0.05, 0) is 25.2 Å². The summed E-state index contributed by atoms with van der Waals surface area (Å²) in [6.07, 6.45) is 0. The molecule has 3 heteroatoms. The van der Waals surface area contributed by atoms with Crippen molar-refractivity contribution in [2.45, 2.75) is 0 Å². The molecule has 0 saturated heterocycles. The van der Waals surface area contributed by atoms with Gasteiger partial charge in [0.05, 0.1) is 12.1 Å². The molecular weight excluding hydrogens is 189 g/mol. The van der Waals surface area contributed by atoms with Crippen LogP contribution in [0.5, 0.6) is 0 Å². The van der Waals surface area contributed by atoms with Crippen LogP contribution in [0.1, 0.15) is 5.56 Å². The third-order valence-corrected chi connectivity index (χ3v) is 1.65. The molecule has 0 aliphatic rings. The number of rotatable bonds is 1. The highest BCUT2D eigenvalue weighted by molar-refractivity contribution is 6.30. The summed E-state index contributed by atoms with van der Waals surface area (Å²) in [5, 5.41) is 3.23. The first kappa shape index (κ1) is 10.0. The number of halogens is 2. The van der Waals surface area contributed by atoms with E-state index in [-0.39, 0.29) is 5.82 Å². The van der Waals surface area contributed by atoms with Crippen molar-refractivity contribution in [2.75, 3.05) is 13.6 Å². The molecule has 0 saturated carbocycles. The van der Waals surface area contributed by atoms with Crippen LogP contribution >= 0.6 is 11.6 Å². The van der Waals surface area contributed by atoms with Crippen LogP contribution in [-0.4, -0.2) is 13.6 Å². The van der Waals surface area contributed by atoms with Crippen LogP contribution < -0.4 is 5.32 Å². The van der Waals surface area contributed by atoms with Gasteiger partial charge in [-0.25, -0.2) is 4.39 Å². The van der Waals surface area contributed by atoms with Gasteiger partial charge >= 0.3 is 0 Å². The lowest BCUT2D eigenvalue weighted by Crippen LogP contribution is -2.04. The zero-order valence-corrected chi connectivity index (χ0v) is 7.95. The highest BCUT2D eigenvalue weighted by Crippen LogP contribution is 2.13. The Morgan fingerprint density at radius 2 is 2.31 bits per heavy atom. The topological polar surface area (TPSA) is 12.0 Å². The van der Waals surface area contributed by atoms with Crippen LogP contribution in [-0.2, 0) is 0 Å². The van der Waals surface area contributed by atoms with Crippen molar-refractivity contribution in [1.82, 2.24) is 5.32 Å². The molecule has 1 aromatic rings. The van der Waals surface area contributed by atoms with Gasteiger partial charge in [-0.15, -0.1) is 0 Å². The molecule has 0 aliphatic carbocycles. The van der Waals surface area contributed by atoms with Crippen LogP contribution in [0.2, 0.25) is 5.02 Å². The molecule has 1 nitrogen and oxygen atoms in total. The quantitative estimate of drug-likeness (QED) is 0.680. The third-order valence-electron chi connectivity index (χ3n) is 1.42. The van der Waals surface area contributed by atoms with Crippen LogP contribution in [0.3, 0.4) is 0 Å². The van der Waals surface area contributed by atoms with Crippen molar-refractivity contribution < 1.29 is 4.39 Å². The Balaban J connectivity index is 2.85. The Kier molecular flexibility index (Phi) is 3.75. The van der Waals surface area contributed by atoms with E-state index in [0.717, 1.165) is 0 Å². The normalized spacial score (nSPS) is 9.15. The molecule has 1 N–H and O–H groups in total. The molecule has 1 rings (SSSR count). The van der Waals surface area contributed by atoms with E-state index in [2.05, 4.69) is 17.2 Å². The standard InChI is InChI=1S/C10H9ClFN/c1-13-6-2-3-8-4-5-9(11)7-10(8)12/h4-5,7,13H,6H2,1H3. The Morgan fingerprint density at radius 3 is 2.92 bits per heavy atom. The molecule has 68 valence electrons. The first-order chi connectivity index (χ1) is 6.24. The van der Waals surface area contributed by atoms with E-state index in [1.54, 1.807) is 19.2 Å². The van der Waals surface area contributed by atoms with Crippen LogP contribution in [0, 0.1) is 17.7 Å². The van der Waals surface area contributed by atoms with Crippen molar-refractivity contribution in [3.8, 4) is 11.8 Å². The molecular formula is C10H9ClFN. The number of benzene rings is 1. The van der Waals surface area contributed by atoms with E-state index in [4.69, 9.17) is 11.6 Å². The monoisotopic (exact) mass is 197 g/mol.